The SMILES string of the molecule is CCCc1[nH]nc(C(=O)N2CCC3CCCCC3C2)c1N. The number of piperidine rings is 1. The van der Waals surface area contributed by atoms with Crippen molar-refractivity contribution in [2.24, 2.45) is 11.8 Å². The first-order chi connectivity index (χ1) is 10.2. The first-order valence-corrected chi connectivity index (χ1v) is 8.32. The first kappa shape index (κ1) is 14.4. The number of aromatic amines is 1. The average molecular weight is 290 g/mol. The minimum absolute atomic E-state index is 0.00938. The molecule has 116 valence electrons. The van der Waals surface area contributed by atoms with Crippen LogP contribution in [-0.4, -0.2) is 34.1 Å². The summed E-state index contributed by atoms with van der Waals surface area (Å²) in [6.07, 6.45) is 8.27. The quantitative estimate of drug-likeness (QED) is 0.898. The second kappa shape index (κ2) is 6.08. The van der Waals surface area contributed by atoms with E-state index in [0.29, 0.717) is 17.3 Å². The summed E-state index contributed by atoms with van der Waals surface area (Å²) in [7, 11) is 0. The van der Waals surface area contributed by atoms with Gasteiger partial charge in [-0.1, -0.05) is 32.6 Å². The number of nitrogens with two attached hydrogens (primary N) is 1. The molecular weight excluding hydrogens is 264 g/mol. The van der Waals surface area contributed by atoms with E-state index in [1.807, 2.05) is 4.90 Å². The van der Waals surface area contributed by atoms with Gasteiger partial charge < -0.3 is 10.6 Å². The molecule has 1 saturated carbocycles. The van der Waals surface area contributed by atoms with Gasteiger partial charge in [-0.05, 0) is 31.1 Å². The smallest absolute Gasteiger partial charge is 0.276 e. The summed E-state index contributed by atoms with van der Waals surface area (Å²) in [5, 5.41) is 7.10. The second-order valence-corrected chi connectivity index (χ2v) is 6.56. The summed E-state index contributed by atoms with van der Waals surface area (Å²) in [5.74, 6) is 1.52. The molecule has 2 aliphatic rings. The monoisotopic (exact) mass is 290 g/mol. The zero-order valence-corrected chi connectivity index (χ0v) is 12.9. The van der Waals surface area contributed by atoms with E-state index in [1.54, 1.807) is 0 Å². The van der Waals surface area contributed by atoms with Crippen molar-refractivity contribution in [3.63, 3.8) is 0 Å². The van der Waals surface area contributed by atoms with E-state index < -0.39 is 0 Å². The summed E-state index contributed by atoms with van der Waals surface area (Å²) >= 11 is 0. The van der Waals surface area contributed by atoms with Gasteiger partial charge in [0.1, 0.15) is 0 Å². The van der Waals surface area contributed by atoms with Crippen LogP contribution >= 0.6 is 0 Å². The van der Waals surface area contributed by atoms with Gasteiger partial charge in [0.25, 0.3) is 5.91 Å². The lowest BCUT2D eigenvalue weighted by atomic mass is 9.75. The fourth-order valence-electron chi connectivity index (χ4n) is 3.93. The number of nitrogen functional groups attached to an aromatic ring is 1. The lowest BCUT2D eigenvalue weighted by molar-refractivity contribution is 0.0516. The van der Waals surface area contributed by atoms with E-state index in [-0.39, 0.29) is 5.91 Å². The number of hydrogen-bond donors (Lipinski definition) is 2. The van der Waals surface area contributed by atoms with Crippen LogP contribution in [0.25, 0.3) is 0 Å². The van der Waals surface area contributed by atoms with Gasteiger partial charge in [0.15, 0.2) is 5.69 Å². The minimum Gasteiger partial charge on any atom is -0.395 e. The van der Waals surface area contributed by atoms with Crippen LogP contribution < -0.4 is 5.73 Å². The van der Waals surface area contributed by atoms with Crippen LogP contribution in [0.2, 0.25) is 0 Å². The molecular formula is C16H26N4O. The van der Waals surface area contributed by atoms with Crippen LogP contribution in [0.5, 0.6) is 0 Å². The second-order valence-electron chi connectivity index (χ2n) is 6.56. The molecule has 21 heavy (non-hydrogen) atoms. The number of rotatable bonds is 3. The third-order valence-corrected chi connectivity index (χ3v) is 5.16. The number of fused-ring (bicyclic) bond motifs is 1. The van der Waals surface area contributed by atoms with Crippen LogP contribution in [0, 0.1) is 11.8 Å². The molecule has 0 bridgehead atoms. The van der Waals surface area contributed by atoms with Gasteiger partial charge in [-0.3, -0.25) is 9.89 Å². The molecule has 1 aromatic rings. The number of nitrogens with one attached hydrogen (secondary N) is 1. The van der Waals surface area contributed by atoms with Crippen LogP contribution in [0.1, 0.15) is 61.6 Å². The van der Waals surface area contributed by atoms with Crippen LogP contribution in [-0.2, 0) is 6.42 Å². The Kier molecular flexibility index (Phi) is 4.17. The Morgan fingerprint density at radius 3 is 2.86 bits per heavy atom. The molecule has 1 amide bonds. The Morgan fingerprint density at radius 2 is 2.10 bits per heavy atom. The normalized spacial score (nSPS) is 25.7. The molecule has 2 fully saturated rings. The van der Waals surface area contributed by atoms with Crippen molar-refractivity contribution in [2.75, 3.05) is 18.8 Å². The number of carbonyl (C=O) groups excluding carboxylic acids is 1. The average Bonchev–Trinajstić information content (AvgIpc) is 2.88. The van der Waals surface area contributed by atoms with Crippen molar-refractivity contribution in [1.29, 1.82) is 0 Å². The van der Waals surface area contributed by atoms with Crippen molar-refractivity contribution >= 4 is 11.6 Å². The van der Waals surface area contributed by atoms with Gasteiger partial charge in [-0.15, -0.1) is 0 Å². The molecule has 3 rings (SSSR count). The fourth-order valence-corrected chi connectivity index (χ4v) is 3.93. The maximum atomic E-state index is 12.7. The van der Waals surface area contributed by atoms with Crippen molar-refractivity contribution in [3.05, 3.63) is 11.4 Å². The van der Waals surface area contributed by atoms with E-state index in [1.165, 1.54) is 25.7 Å². The Bertz CT molecular complexity index is 510. The number of likely N-dealkylation sites (tertiary alicyclic amines) is 1. The lowest BCUT2D eigenvalue weighted by Gasteiger charge is -2.41. The molecule has 0 radical (unpaired) electrons. The Hall–Kier alpha value is -1.52. The van der Waals surface area contributed by atoms with E-state index in [4.69, 9.17) is 5.73 Å². The predicted molar refractivity (Wildman–Crippen MR) is 83.0 cm³/mol. The van der Waals surface area contributed by atoms with Crippen LogP contribution in [0.4, 0.5) is 5.69 Å². The van der Waals surface area contributed by atoms with Crippen molar-refractivity contribution in [3.8, 4) is 0 Å². The summed E-state index contributed by atoms with van der Waals surface area (Å²) < 4.78 is 0. The number of nitrogens with zero attached hydrogens (tertiary/aromatic N) is 2. The lowest BCUT2D eigenvalue weighted by Crippen LogP contribution is -2.45. The van der Waals surface area contributed by atoms with Gasteiger partial charge in [0.05, 0.1) is 11.4 Å². The summed E-state index contributed by atoms with van der Waals surface area (Å²) in [4.78, 5) is 14.6. The minimum atomic E-state index is 0.00938. The third kappa shape index (κ3) is 2.78. The first-order valence-electron chi connectivity index (χ1n) is 8.32. The Morgan fingerprint density at radius 1 is 1.33 bits per heavy atom. The summed E-state index contributed by atoms with van der Waals surface area (Å²) in [6, 6.07) is 0. The number of H-pyrrole nitrogens is 1. The molecule has 2 heterocycles. The van der Waals surface area contributed by atoms with Crippen molar-refractivity contribution in [1.82, 2.24) is 15.1 Å². The maximum absolute atomic E-state index is 12.7. The highest BCUT2D eigenvalue weighted by atomic mass is 16.2. The van der Waals surface area contributed by atoms with Crippen molar-refractivity contribution in [2.45, 2.75) is 51.9 Å². The van der Waals surface area contributed by atoms with Gasteiger partial charge in [0, 0.05) is 13.1 Å². The van der Waals surface area contributed by atoms with Gasteiger partial charge >= 0.3 is 0 Å². The maximum Gasteiger partial charge on any atom is 0.276 e. The highest BCUT2D eigenvalue weighted by Crippen LogP contribution is 2.36. The number of anilines is 1. The van der Waals surface area contributed by atoms with E-state index in [0.717, 1.165) is 44.0 Å². The van der Waals surface area contributed by atoms with E-state index in [9.17, 15) is 4.79 Å². The number of carbonyl (C=O) groups is 1. The zero-order chi connectivity index (χ0) is 14.8. The van der Waals surface area contributed by atoms with E-state index in [2.05, 4.69) is 17.1 Å². The van der Waals surface area contributed by atoms with Gasteiger partial charge in [-0.25, -0.2) is 0 Å². The Labute approximate surface area is 126 Å². The van der Waals surface area contributed by atoms with E-state index >= 15 is 0 Å². The molecule has 3 N–H and O–H groups in total. The van der Waals surface area contributed by atoms with Gasteiger partial charge in [-0.2, -0.15) is 5.10 Å². The molecule has 1 aromatic heterocycles. The molecule has 2 atom stereocenters. The summed E-state index contributed by atoms with van der Waals surface area (Å²) in [6.45, 7) is 3.84. The standard InChI is InChI=1S/C16H26N4O/c1-2-5-13-14(17)15(19-18-13)16(21)20-9-8-11-6-3-4-7-12(11)10-20/h11-12H,2-10,17H2,1H3,(H,18,19). The number of aryl methyl sites for hydroxylation is 1. The predicted octanol–water partition coefficient (Wildman–Crippen LogP) is 2.60. The molecule has 1 saturated heterocycles. The highest BCUT2D eigenvalue weighted by molar-refractivity contribution is 5.97. The van der Waals surface area contributed by atoms with Crippen molar-refractivity contribution < 1.29 is 4.79 Å². The molecule has 5 heteroatoms. The zero-order valence-electron chi connectivity index (χ0n) is 12.9. The largest absolute Gasteiger partial charge is 0.395 e. The number of amides is 1. The molecule has 5 nitrogen and oxygen atoms in total. The topological polar surface area (TPSA) is 75.0 Å². The molecule has 2 unspecified atom stereocenters. The highest BCUT2D eigenvalue weighted by Gasteiger charge is 2.34. The van der Waals surface area contributed by atoms with Gasteiger partial charge in [0.2, 0.25) is 0 Å². The molecule has 1 aliphatic heterocycles. The molecule has 0 spiro atoms. The van der Waals surface area contributed by atoms with Crippen LogP contribution in [0.3, 0.4) is 0 Å². The Balaban J connectivity index is 1.70. The summed E-state index contributed by atoms with van der Waals surface area (Å²) in [5.41, 5.74) is 7.96. The number of aromatic nitrogens is 2. The fraction of sp³-hybridized carbons (Fsp3) is 0.750. The molecule has 0 aromatic carbocycles. The van der Waals surface area contributed by atoms with Crippen LogP contribution in [0.15, 0.2) is 0 Å². The number of hydrogen-bond acceptors (Lipinski definition) is 3. The molecule has 1 aliphatic carbocycles. The third-order valence-electron chi connectivity index (χ3n) is 5.16.